The molecule has 0 unspecified atom stereocenters. The second-order valence-corrected chi connectivity index (χ2v) is 7.21. The molecule has 0 aliphatic heterocycles. The Morgan fingerprint density at radius 1 is 0.885 bits per heavy atom. The molecule has 0 saturated heterocycles. The molecular formula is C24H32N2. The van der Waals surface area contributed by atoms with E-state index in [9.17, 15) is 0 Å². The standard InChI is InChI=1S/C24H32N2/c1-4-7-8-9-10-15-26-16-14-21-17-22(25-18-23(21)26)24-19(5-2)12-11-13-20(24)6-3/h11-14,16-18H,4-10,15H2,1-3H3. The first kappa shape index (κ1) is 18.7. The maximum Gasteiger partial charge on any atom is 0.0715 e. The van der Waals surface area contributed by atoms with Crippen LogP contribution in [0, 0.1) is 0 Å². The molecule has 138 valence electrons. The molecule has 26 heavy (non-hydrogen) atoms. The Balaban J connectivity index is 1.85. The summed E-state index contributed by atoms with van der Waals surface area (Å²) in [7, 11) is 0. The van der Waals surface area contributed by atoms with Crippen LogP contribution in [0.3, 0.4) is 0 Å². The van der Waals surface area contributed by atoms with Crippen LogP contribution in [0.15, 0.2) is 42.7 Å². The molecular weight excluding hydrogens is 316 g/mol. The molecule has 1 aromatic carbocycles. The summed E-state index contributed by atoms with van der Waals surface area (Å²) < 4.78 is 2.37. The van der Waals surface area contributed by atoms with Crippen LogP contribution in [0.5, 0.6) is 0 Å². The molecule has 0 N–H and O–H groups in total. The van der Waals surface area contributed by atoms with Gasteiger partial charge >= 0.3 is 0 Å². The van der Waals surface area contributed by atoms with Crippen molar-refractivity contribution in [2.24, 2.45) is 0 Å². The van der Waals surface area contributed by atoms with Crippen molar-refractivity contribution in [1.82, 2.24) is 9.55 Å². The summed E-state index contributed by atoms with van der Waals surface area (Å²) >= 11 is 0. The summed E-state index contributed by atoms with van der Waals surface area (Å²) in [6.45, 7) is 7.82. The molecule has 2 nitrogen and oxygen atoms in total. The zero-order valence-electron chi connectivity index (χ0n) is 16.6. The third-order valence-corrected chi connectivity index (χ3v) is 5.41. The maximum atomic E-state index is 4.86. The molecule has 0 amide bonds. The van der Waals surface area contributed by atoms with E-state index in [1.54, 1.807) is 0 Å². The first-order chi connectivity index (χ1) is 12.8. The van der Waals surface area contributed by atoms with Gasteiger partial charge in [-0.25, -0.2) is 0 Å². The van der Waals surface area contributed by atoms with Gasteiger partial charge in [0.05, 0.1) is 17.4 Å². The molecule has 2 heteroatoms. The number of unbranched alkanes of at least 4 members (excludes halogenated alkanes) is 4. The van der Waals surface area contributed by atoms with Crippen LogP contribution in [0.4, 0.5) is 0 Å². The second kappa shape index (κ2) is 9.02. The van der Waals surface area contributed by atoms with Crippen molar-refractivity contribution in [2.45, 2.75) is 72.3 Å². The Morgan fingerprint density at radius 3 is 2.31 bits per heavy atom. The quantitative estimate of drug-likeness (QED) is 0.389. The number of rotatable bonds is 9. The summed E-state index contributed by atoms with van der Waals surface area (Å²) in [6.07, 6.45) is 13.0. The highest BCUT2D eigenvalue weighted by molar-refractivity contribution is 5.84. The van der Waals surface area contributed by atoms with E-state index >= 15 is 0 Å². The van der Waals surface area contributed by atoms with Crippen LogP contribution in [0.2, 0.25) is 0 Å². The molecule has 0 bridgehead atoms. The fourth-order valence-electron chi connectivity index (χ4n) is 3.88. The van der Waals surface area contributed by atoms with Gasteiger partial charge in [-0.1, -0.05) is 64.7 Å². The van der Waals surface area contributed by atoms with Crippen molar-refractivity contribution >= 4 is 10.9 Å². The van der Waals surface area contributed by atoms with Crippen molar-refractivity contribution in [1.29, 1.82) is 0 Å². The Bertz CT molecular complexity index is 822. The molecule has 3 rings (SSSR count). The molecule has 0 aliphatic carbocycles. The van der Waals surface area contributed by atoms with Gasteiger partial charge in [-0.2, -0.15) is 0 Å². The van der Waals surface area contributed by atoms with E-state index in [-0.39, 0.29) is 0 Å². The van der Waals surface area contributed by atoms with Crippen LogP contribution >= 0.6 is 0 Å². The molecule has 2 heterocycles. The van der Waals surface area contributed by atoms with E-state index in [1.807, 2.05) is 0 Å². The van der Waals surface area contributed by atoms with Gasteiger partial charge in [0.25, 0.3) is 0 Å². The molecule has 3 aromatic rings. The summed E-state index contributed by atoms with van der Waals surface area (Å²) in [4.78, 5) is 4.86. The fraction of sp³-hybridized carbons (Fsp3) is 0.458. The summed E-state index contributed by atoms with van der Waals surface area (Å²) in [5.74, 6) is 0. The molecule has 0 radical (unpaired) electrons. The zero-order valence-corrected chi connectivity index (χ0v) is 16.6. The number of aromatic nitrogens is 2. The number of hydrogen-bond acceptors (Lipinski definition) is 1. The van der Waals surface area contributed by atoms with E-state index < -0.39 is 0 Å². The van der Waals surface area contributed by atoms with Crippen molar-refractivity contribution in [3.05, 3.63) is 53.9 Å². The molecule has 0 aliphatic rings. The van der Waals surface area contributed by atoms with E-state index in [1.165, 1.54) is 59.7 Å². The first-order valence-electron chi connectivity index (χ1n) is 10.3. The smallest absolute Gasteiger partial charge is 0.0715 e. The monoisotopic (exact) mass is 348 g/mol. The average Bonchev–Trinajstić information content (AvgIpc) is 3.09. The largest absolute Gasteiger partial charge is 0.346 e. The molecule has 2 aromatic heterocycles. The lowest BCUT2D eigenvalue weighted by molar-refractivity contribution is 0.577. The molecule has 0 spiro atoms. The number of nitrogens with zero attached hydrogens (tertiary/aromatic N) is 2. The minimum Gasteiger partial charge on any atom is -0.346 e. The lowest BCUT2D eigenvalue weighted by atomic mass is 9.94. The number of hydrogen-bond donors (Lipinski definition) is 0. The van der Waals surface area contributed by atoms with E-state index in [4.69, 9.17) is 4.98 Å². The number of benzene rings is 1. The maximum absolute atomic E-state index is 4.86. The van der Waals surface area contributed by atoms with Gasteiger partial charge in [-0.05, 0) is 42.5 Å². The van der Waals surface area contributed by atoms with Gasteiger partial charge in [0.1, 0.15) is 0 Å². The highest BCUT2D eigenvalue weighted by Gasteiger charge is 2.11. The average molecular weight is 349 g/mol. The highest BCUT2D eigenvalue weighted by atomic mass is 15.0. The number of aryl methyl sites for hydroxylation is 3. The number of pyridine rings is 1. The van der Waals surface area contributed by atoms with E-state index in [0.29, 0.717) is 0 Å². The highest BCUT2D eigenvalue weighted by Crippen LogP contribution is 2.30. The van der Waals surface area contributed by atoms with Gasteiger partial charge in [0.15, 0.2) is 0 Å². The SMILES string of the molecule is CCCCCCCn1ccc2cc(-c3c(CC)cccc3CC)ncc21. The summed E-state index contributed by atoms with van der Waals surface area (Å²) in [6, 6.07) is 11.2. The van der Waals surface area contributed by atoms with Gasteiger partial charge < -0.3 is 4.57 Å². The summed E-state index contributed by atoms with van der Waals surface area (Å²) in [5, 5.41) is 1.30. The normalized spacial score (nSPS) is 11.3. The predicted molar refractivity (Wildman–Crippen MR) is 113 cm³/mol. The van der Waals surface area contributed by atoms with E-state index in [2.05, 4.69) is 68.1 Å². The van der Waals surface area contributed by atoms with Crippen molar-refractivity contribution < 1.29 is 0 Å². The lowest BCUT2D eigenvalue weighted by Gasteiger charge is -2.13. The van der Waals surface area contributed by atoms with Crippen LogP contribution in [0.25, 0.3) is 22.2 Å². The van der Waals surface area contributed by atoms with Crippen molar-refractivity contribution in [3.8, 4) is 11.3 Å². The molecule has 0 saturated carbocycles. The van der Waals surface area contributed by atoms with E-state index in [0.717, 1.165) is 25.1 Å². The predicted octanol–water partition coefficient (Wildman–Crippen LogP) is 6.80. The zero-order chi connectivity index (χ0) is 18.4. The number of fused-ring (bicyclic) bond motifs is 1. The molecule has 0 atom stereocenters. The topological polar surface area (TPSA) is 17.8 Å². The Hall–Kier alpha value is -2.09. The van der Waals surface area contributed by atoms with Gasteiger partial charge in [-0.3, -0.25) is 4.98 Å². The third-order valence-electron chi connectivity index (χ3n) is 5.41. The minimum atomic E-state index is 1.04. The fourth-order valence-corrected chi connectivity index (χ4v) is 3.88. The van der Waals surface area contributed by atoms with Gasteiger partial charge in [-0.15, -0.1) is 0 Å². The van der Waals surface area contributed by atoms with Gasteiger partial charge in [0, 0.05) is 23.7 Å². The Morgan fingerprint density at radius 2 is 1.62 bits per heavy atom. The second-order valence-electron chi connectivity index (χ2n) is 7.21. The van der Waals surface area contributed by atoms with Crippen LogP contribution < -0.4 is 0 Å². The Kier molecular flexibility index (Phi) is 6.49. The van der Waals surface area contributed by atoms with Crippen LogP contribution in [-0.2, 0) is 19.4 Å². The van der Waals surface area contributed by atoms with Crippen molar-refractivity contribution in [3.63, 3.8) is 0 Å². The van der Waals surface area contributed by atoms with Crippen LogP contribution in [-0.4, -0.2) is 9.55 Å². The third kappa shape index (κ3) is 4.00. The minimum absolute atomic E-state index is 1.04. The van der Waals surface area contributed by atoms with Crippen LogP contribution in [0.1, 0.15) is 64.0 Å². The summed E-state index contributed by atoms with van der Waals surface area (Å²) in [5.41, 5.74) is 6.51. The Labute approximate surface area is 158 Å². The van der Waals surface area contributed by atoms with Crippen molar-refractivity contribution in [2.75, 3.05) is 0 Å². The van der Waals surface area contributed by atoms with Gasteiger partial charge in [0.2, 0.25) is 0 Å². The lowest BCUT2D eigenvalue weighted by Crippen LogP contribution is -1.98. The molecule has 0 fully saturated rings. The first-order valence-corrected chi connectivity index (χ1v) is 10.3.